The van der Waals surface area contributed by atoms with Gasteiger partial charge in [0.2, 0.25) is 5.91 Å². The molecule has 25 heavy (non-hydrogen) atoms. The summed E-state index contributed by atoms with van der Waals surface area (Å²) in [7, 11) is 3.91. The first-order chi connectivity index (χ1) is 11.3. The van der Waals surface area contributed by atoms with E-state index >= 15 is 0 Å². The summed E-state index contributed by atoms with van der Waals surface area (Å²) in [5, 5.41) is 2.83. The summed E-state index contributed by atoms with van der Waals surface area (Å²) in [6.07, 6.45) is 1.08. The van der Waals surface area contributed by atoms with E-state index in [1.165, 1.54) is 0 Å². The highest BCUT2D eigenvalue weighted by Gasteiger charge is 2.11. The highest BCUT2D eigenvalue weighted by molar-refractivity contribution is 5.85. The molecule has 0 unspecified atom stereocenters. The molecule has 0 atom stereocenters. The summed E-state index contributed by atoms with van der Waals surface area (Å²) in [4.78, 5) is 25.6. The number of nitrogens with one attached hydrogen (secondary N) is 1. The third-order valence-electron chi connectivity index (χ3n) is 3.77. The molecule has 142 valence electrons. The van der Waals surface area contributed by atoms with E-state index in [0.29, 0.717) is 31.1 Å². The standard InChI is InChI=1S/C19H30N2O3.ClH/c1-14(2)16-10-9-15(3)17(13-16)24-19(23)8-6-7-18(22)20-11-12-21(4)5;/h9-10,13-14H,6-8,11-12H2,1-5H3,(H,20,22);1H. The molecule has 0 fully saturated rings. The lowest BCUT2D eigenvalue weighted by Crippen LogP contribution is -2.31. The minimum Gasteiger partial charge on any atom is -0.426 e. The van der Waals surface area contributed by atoms with E-state index in [9.17, 15) is 9.59 Å². The molecule has 5 nitrogen and oxygen atoms in total. The molecule has 0 radical (unpaired) electrons. The van der Waals surface area contributed by atoms with Crippen molar-refractivity contribution in [2.24, 2.45) is 0 Å². The van der Waals surface area contributed by atoms with Crippen LogP contribution in [0.3, 0.4) is 0 Å². The van der Waals surface area contributed by atoms with Crippen LogP contribution in [0, 0.1) is 6.92 Å². The monoisotopic (exact) mass is 370 g/mol. The second kappa shape index (κ2) is 11.9. The summed E-state index contributed by atoms with van der Waals surface area (Å²) in [5.41, 5.74) is 2.08. The summed E-state index contributed by atoms with van der Waals surface area (Å²) < 4.78 is 5.45. The zero-order chi connectivity index (χ0) is 18.1. The second-order valence-electron chi connectivity index (χ2n) is 6.66. The quantitative estimate of drug-likeness (QED) is 0.535. The van der Waals surface area contributed by atoms with Gasteiger partial charge in [-0.3, -0.25) is 9.59 Å². The van der Waals surface area contributed by atoms with E-state index in [-0.39, 0.29) is 30.7 Å². The van der Waals surface area contributed by atoms with Gasteiger partial charge in [0.25, 0.3) is 0 Å². The molecule has 0 saturated heterocycles. The molecule has 0 aromatic heterocycles. The molecule has 0 aliphatic carbocycles. The smallest absolute Gasteiger partial charge is 0.311 e. The number of esters is 1. The summed E-state index contributed by atoms with van der Waals surface area (Å²) in [6, 6.07) is 5.94. The van der Waals surface area contributed by atoms with Gasteiger partial charge in [-0.1, -0.05) is 26.0 Å². The number of hydrogen-bond donors (Lipinski definition) is 1. The van der Waals surface area contributed by atoms with Crippen LogP contribution in [0.15, 0.2) is 18.2 Å². The lowest BCUT2D eigenvalue weighted by atomic mass is 10.0. The molecule has 0 spiro atoms. The number of amides is 1. The lowest BCUT2D eigenvalue weighted by molar-refractivity contribution is -0.134. The van der Waals surface area contributed by atoms with Gasteiger partial charge in [0.15, 0.2) is 0 Å². The third kappa shape index (κ3) is 9.46. The Morgan fingerprint density at radius 1 is 1.20 bits per heavy atom. The molecule has 1 aromatic rings. The van der Waals surface area contributed by atoms with E-state index in [2.05, 4.69) is 25.2 Å². The Kier molecular flexibility index (Phi) is 11.1. The molecule has 0 heterocycles. The molecule has 6 heteroatoms. The van der Waals surface area contributed by atoms with Crippen molar-refractivity contribution in [3.63, 3.8) is 0 Å². The Bertz CT molecular complexity index is 560. The first-order valence-corrected chi connectivity index (χ1v) is 8.52. The number of likely N-dealkylation sites (N-methyl/N-ethyl adjacent to an activating group) is 1. The van der Waals surface area contributed by atoms with Crippen LogP contribution in [0.25, 0.3) is 0 Å². The van der Waals surface area contributed by atoms with E-state index in [4.69, 9.17) is 4.74 Å². The zero-order valence-electron chi connectivity index (χ0n) is 15.9. The van der Waals surface area contributed by atoms with Crippen molar-refractivity contribution >= 4 is 24.3 Å². The van der Waals surface area contributed by atoms with Crippen molar-refractivity contribution in [1.29, 1.82) is 0 Å². The Labute approximate surface area is 157 Å². The fourth-order valence-corrected chi connectivity index (χ4v) is 2.16. The van der Waals surface area contributed by atoms with Crippen molar-refractivity contribution in [3.8, 4) is 5.75 Å². The zero-order valence-corrected chi connectivity index (χ0v) is 16.7. The van der Waals surface area contributed by atoms with Crippen molar-refractivity contribution in [2.45, 2.75) is 46.0 Å². The van der Waals surface area contributed by atoms with Gasteiger partial charge in [-0.25, -0.2) is 0 Å². The van der Waals surface area contributed by atoms with Gasteiger partial charge in [0, 0.05) is 25.9 Å². The van der Waals surface area contributed by atoms with E-state index in [0.717, 1.165) is 17.7 Å². The summed E-state index contributed by atoms with van der Waals surface area (Å²) >= 11 is 0. The molecule has 0 aliphatic heterocycles. The van der Waals surface area contributed by atoms with Crippen LogP contribution in [-0.2, 0) is 9.59 Å². The minimum absolute atomic E-state index is 0. The van der Waals surface area contributed by atoms with Crippen molar-refractivity contribution in [2.75, 3.05) is 27.2 Å². The highest BCUT2D eigenvalue weighted by atomic mass is 35.5. The summed E-state index contributed by atoms with van der Waals surface area (Å²) in [5.74, 6) is 0.679. The summed E-state index contributed by atoms with van der Waals surface area (Å²) in [6.45, 7) is 7.55. The van der Waals surface area contributed by atoms with Gasteiger partial charge in [-0.15, -0.1) is 12.4 Å². The van der Waals surface area contributed by atoms with Crippen molar-refractivity contribution < 1.29 is 14.3 Å². The third-order valence-corrected chi connectivity index (χ3v) is 3.77. The number of carbonyl (C=O) groups excluding carboxylic acids is 2. The number of rotatable bonds is 9. The molecular formula is C19H31ClN2O3. The fourth-order valence-electron chi connectivity index (χ4n) is 2.16. The SMILES string of the molecule is Cc1ccc(C(C)C)cc1OC(=O)CCCC(=O)NCCN(C)C.Cl. The maximum absolute atomic E-state index is 12.0. The second-order valence-corrected chi connectivity index (χ2v) is 6.66. The number of carbonyl (C=O) groups is 2. The first-order valence-electron chi connectivity index (χ1n) is 8.52. The number of ether oxygens (including phenoxy) is 1. The van der Waals surface area contributed by atoms with Gasteiger partial charge in [-0.05, 0) is 50.6 Å². The van der Waals surface area contributed by atoms with Gasteiger partial charge in [0.05, 0.1) is 0 Å². The Morgan fingerprint density at radius 2 is 1.88 bits per heavy atom. The molecule has 1 amide bonds. The maximum Gasteiger partial charge on any atom is 0.311 e. The highest BCUT2D eigenvalue weighted by Crippen LogP contribution is 2.24. The number of halogens is 1. The maximum atomic E-state index is 12.0. The van der Waals surface area contributed by atoms with Crippen molar-refractivity contribution in [3.05, 3.63) is 29.3 Å². The van der Waals surface area contributed by atoms with E-state index in [1.54, 1.807) is 0 Å². The molecule has 0 bridgehead atoms. The molecule has 1 rings (SSSR count). The van der Waals surface area contributed by atoms with Crippen molar-refractivity contribution in [1.82, 2.24) is 10.2 Å². The van der Waals surface area contributed by atoms with Gasteiger partial charge < -0.3 is 15.0 Å². The predicted molar refractivity (Wildman–Crippen MR) is 104 cm³/mol. The van der Waals surface area contributed by atoms with Crippen LogP contribution in [0.4, 0.5) is 0 Å². The molecule has 1 N–H and O–H groups in total. The van der Waals surface area contributed by atoms with Crippen LogP contribution < -0.4 is 10.1 Å². The molecular weight excluding hydrogens is 340 g/mol. The minimum atomic E-state index is -0.292. The number of benzene rings is 1. The van der Waals surface area contributed by atoms with Crippen LogP contribution in [0.1, 0.15) is 50.2 Å². The van der Waals surface area contributed by atoms with Crippen LogP contribution in [0.5, 0.6) is 5.75 Å². The first kappa shape index (κ1) is 23.4. The molecule has 1 aromatic carbocycles. The predicted octanol–water partition coefficient (Wildman–Crippen LogP) is 3.29. The van der Waals surface area contributed by atoms with Crippen LogP contribution >= 0.6 is 12.4 Å². The Hall–Kier alpha value is -1.59. The number of nitrogens with zero attached hydrogens (tertiary/aromatic N) is 1. The van der Waals surface area contributed by atoms with E-state index in [1.807, 2.05) is 38.1 Å². The topological polar surface area (TPSA) is 58.6 Å². The largest absolute Gasteiger partial charge is 0.426 e. The number of hydrogen-bond acceptors (Lipinski definition) is 4. The molecule has 0 saturated carbocycles. The number of aryl methyl sites for hydroxylation is 1. The lowest BCUT2D eigenvalue weighted by Gasteiger charge is -2.12. The fraction of sp³-hybridized carbons (Fsp3) is 0.579. The van der Waals surface area contributed by atoms with Crippen LogP contribution in [-0.4, -0.2) is 44.0 Å². The Balaban J connectivity index is 0.00000576. The van der Waals surface area contributed by atoms with Gasteiger partial charge >= 0.3 is 5.97 Å². The average molecular weight is 371 g/mol. The van der Waals surface area contributed by atoms with E-state index < -0.39 is 0 Å². The molecule has 0 aliphatic rings. The van der Waals surface area contributed by atoms with Crippen LogP contribution in [0.2, 0.25) is 0 Å². The van der Waals surface area contributed by atoms with Gasteiger partial charge in [0.1, 0.15) is 5.75 Å². The normalized spacial score (nSPS) is 10.5. The Morgan fingerprint density at radius 3 is 2.48 bits per heavy atom. The van der Waals surface area contributed by atoms with Gasteiger partial charge in [-0.2, -0.15) is 0 Å². The average Bonchev–Trinajstić information content (AvgIpc) is 2.48.